The topological polar surface area (TPSA) is 21.3 Å². The second-order valence-corrected chi connectivity index (χ2v) is 5.00. The smallest absolute Gasteiger partial charge is 0.0476 e. The van der Waals surface area contributed by atoms with E-state index in [9.17, 15) is 0 Å². The van der Waals surface area contributed by atoms with Crippen LogP contribution in [0.15, 0.2) is 22.7 Å². The van der Waals surface area contributed by atoms with Gasteiger partial charge >= 0.3 is 0 Å². The van der Waals surface area contributed by atoms with Crippen LogP contribution in [0.25, 0.3) is 0 Å². The number of methoxy groups -OCH3 is 1. The van der Waals surface area contributed by atoms with Crippen LogP contribution in [0.4, 0.5) is 0 Å². The van der Waals surface area contributed by atoms with Crippen LogP contribution in [0.5, 0.6) is 0 Å². The van der Waals surface area contributed by atoms with Gasteiger partial charge in [-0.1, -0.05) is 28.1 Å². The molecule has 0 fully saturated rings. The van der Waals surface area contributed by atoms with E-state index in [-0.39, 0.29) is 0 Å². The quantitative estimate of drug-likeness (QED) is 0.866. The number of benzene rings is 1. The molecular formula is C13H20BrNO. The Kier molecular flexibility index (Phi) is 6.03. The van der Waals surface area contributed by atoms with Crippen molar-refractivity contribution in [1.82, 2.24) is 5.32 Å². The molecule has 1 atom stereocenters. The van der Waals surface area contributed by atoms with E-state index < -0.39 is 0 Å². The Balaban J connectivity index is 2.39. The van der Waals surface area contributed by atoms with E-state index in [4.69, 9.17) is 4.74 Å². The third-order valence-electron chi connectivity index (χ3n) is 2.65. The van der Waals surface area contributed by atoms with Gasteiger partial charge < -0.3 is 10.1 Å². The second-order valence-electron chi connectivity index (χ2n) is 4.15. The van der Waals surface area contributed by atoms with E-state index in [1.54, 1.807) is 7.11 Å². The lowest BCUT2D eigenvalue weighted by atomic mass is 10.1. The van der Waals surface area contributed by atoms with E-state index in [1.807, 2.05) is 0 Å². The molecule has 2 nitrogen and oxygen atoms in total. The minimum atomic E-state index is 0.486. The molecule has 0 aliphatic heterocycles. The Bertz CT molecular complexity index is 328. The molecule has 0 aliphatic carbocycles. The monoisotopic (exact) mass is 285 g/mol. The number of hydrogen-bond acceptors (Lipinski definition) is 2. The molecule has 0 bridgehead atoms. The summed E-state index contributed by atoms with van der Waals surface area (Å²) in [5.41, 5.74) is 2.58. The fraction of sp³-hybridized carbons (Fsp3) is 0.538. The summed E-state index contributed by atoms with van der Waals surface area (Å²) in [6, 6.07) is 6.96. The number of aryl methyl sites for hydroxylation is 1. The molecule has 0 aliphatic rings. The lowest BCUT2D eigenvalue weighted by Crippen LogP contribution is -2.26. The maximum atomic E-state index is 5.05. The van der Waals surface area contributed by atoms with E-state index in [1.165, 1.54) is 15.6 Å². The van der Waals surface area contributed by atoms with Gasteiger partial charge in [0.25, 0.3) is 0 Å². The number of hydrogen-bond donors (Lipinski definition) is 1. The van der Waals surface area contributed by atoms with E-state index >= 15 is 0 Å². The molecular weight excluding hydrogens is 266 g/mol. The number of halogens is 1. The standard InChI is InChI=1S/C13H20BrNO/c1-10-4-5-12(8-13(10)14)9-15-11(2)6-7-16-3/h4-5,8,11,15H,6-7,9H2,1-3H3. The highest BCUT2D eigenvalue weighted by Gasteiger charge is 2.02. The van der Waals surface area contributed by atoms with Gasteiger partial charge in [-0.15, -0.1) is 0 Å². The molecule has 1 aromatic rings. The van der Waals surface area contributed by atoms with Crippen LogP contribution >= 0.6 is 15.9 Å². The summed E-state index contributed by atoms with van der Waals surface area (Å²) in [5.74, 6) is 0. The summed E-state index contributed by atoms with van der Waals surface area (Å²) in [6.45, 7) is 6.00. The lowest BCUT2D eigenvalue weighted by Gasteiger charge is -2.13. The molecule has 16 heavy (non-hydrogen) atoms. The number of rotatable bonds is 6. The van der Waals surface area contributed by atoms with Crippen LogP contribution in [-0.2, 0) is 11.3 Å². The maximum Gasteiger partial charge on any atom is 0.0476 e. The van der Waals surface area contributed by atoms with Gasteiger partial charge in [-0.2, -0.15) is 0 Å². The van der Waals surface area contributed by atoms with Gasteiger partial charge in [0, 0.05) is 30.8 Å². The molecule has 3 heteroatoms. The van der Waals surface area contributed by atoms with E-state index in [2.05, 4.69) is 53.3 Å². The molecule has 0 radical (unpaired) electrons. The minimum absolute atomic E-state index is 0.486. The zero-order valence-corrected chi connectivity index (χ0v) is 11.8. The Labute approximate surface area is 107 Å². The third-order valence-corrected chi connectivity index (χ3v) is 3.50. The normalized spacial score (nSPS) is 12.8. The Morgan fingerprint density at radius 3 is 2.81 bits per heavy atom. The summed E-state index contributed by atoms with van der Waals surface area (Å²) in [6.07, 6.45) is 1.05. The first-order valence-electron chi connectivity index (χ1n) is 5.61. The van der Waals surface area contributed by atoms with Crippen molar-refractivity contribution in [2.45, 2.75) is 32.9 Å². The van der Waals surface area contributed by atoms with Crippen molar-refractivity contribution in [3.63, 3.8) is 0 Å². The van der Waals surface area contributed by atoms with Gasteiger partial charge in [0.2, 0.25) is 0 Å². The zero-order valence-electron chi connectivity index (χ0n) is 10.2. The van der Waals surface area contributed by atoms with Crippen LogP contribution in [0.3, 0.4) is 0 Å². The molecule has 1 unspecified atom stereocenters. The van der Waals surface area contributed by atoms with Crippen molar-refractivity contribution in [1.29, 1.82) is 0 Å². The first kappa shape index (κ1) is 13.7. The number of ether oxygens (including phenoxy) is 1. The highest BCUT2D eigenvalue weighted by Crippen LogP contribution is 2.17. The summed E-state index contributed by atoms with van der Waals surface area (Å²) in [5, 5.41) is 3.48. The van der Waals surface area contributed by atoms with Crippen molar-refractivity contribution < 1.29 is 4.74 Å². The van der Waals surface area contributed by atoms with Crippen molar-refractivity contribution in [2.24, 2.45) is 0 Å². The highest BCUT2D eigenvalue weighted by molar-refractivity contribution is 9.10. The van der Waals surface area contributed by atoms with E-state index in [0.29, 0.717) is 6.04 Å². The van der Waals surface area contributed by atoms with Crippen molar-refractivity contribution in [3.05, 3.63) is 33.8 Å². The van der Waals surface area contributed by atoms with Gasteiger partial charge in [-0.3, -0.25) is 0 Å². The Morgan fingerprint density at radius 2 is 2.19 bits per heavy atom. The van der Waals surface area contributed by atoms with Gasteiger partial charge in [0.1, 0.15) is 0 Å². The predicted octanol–water partition coefficient (Wildman–Crippen LogP) is 3.27. The maximum absolute atomic E-state index is 5.05. The minimum Gasteiger partial charge on any atom is -0.385 e. The summed E-state index contributed by atoms with van der Waals surface area (Å²) < 4.78 is 6.23. The van der Waals surface area contributed by atoms with Gasteiger partial charge in [-0.05, 0) is 37.5 Å². The first-order chi connectivity index (χ1) is 7.63. The molecule has 1 N–H and O–H groups in total. The van der Waals surface area contributed by atoms with Gasteiger partial charge in [0.05, 0.1) is 0 Å². The molecule has 0 saturated carbocycles. The van der Waals surface area contributed by atoms with Crippen molar-refractivity contribution in [2.75, 3.05) is 13.7 Å². The van der Waals surface area contributed by atoms with Crippen molar-refractivity contribution in [3.8, 4) is 0 Å². The van der Waals surface area contributed by atoms with Crippen molar-refractivity contribution >= 4 is 15.9 Å². The molecule has 0 saturated heterocycles. The average molecular weight is 286 g/mol. The molecule has 90 valence electrons. The summed E-state index contributed by atoms with van der Waals surface area (Å²) in [7, 11) is 1.74. The van der Waals surface area contributed by atoms with Crippen LogP contribution < -0.4 is 5.32 Å². The SMILES string of the molecule is COCCC(C)NCc1ccc(C)c(Br)c1. The average Bonchev–Trinajstić information content (AvgIpc) is 2.28. The third kappa shape index (κ3) is 4.64. The Morgan fingerprint density at radius 1 is 1.44 bits per heavy atom. The first-order valence-corrected chi connectivity index (χ1v) is 6.40. The lowest BCUT2D eigenvalue weighted by molar-refractivity contribution is 0.184. The molecule has 1 aromatic carbocycles. The molecule has 1 rings (SSSR count). The molecule has 0 aromatic heterocycles. The van der Waals surface area contributed by atoms with Crippen LogP contribution in [0, 0.1) is 6.92 Å². The predicted molar refractivity (Wildman–Crippen MR) is 71.7 cm³/mol. The van der Waals surface area contributed by atoms with Crippen LogP contribution in [-0.4, -0.2) is 19.8 Å². The fourth-order valence-electron chi connectivity index (χ4n) is 1.44. The largest absolute Gasteiger partial charge is 0.385 e. The Hall–Kier alpha value is -0.380. The molecule has 0 spiro atoms. The second kappa shape index (κ2) is 7.05. The molecule has 0 amide bonds. The van der Waals surface area contributed by atoms with Crippen LogP contribution in [0.1, 0.15) is 24.5 Å². The van der Waals surface area contributed by atoms with Gasteiger partial charge in [-0.25, -0.2) is 0 Å². The number of nitrogens with one attached hydrogen (secondary N) is 1. The fourth-order valence-corrected chi connectivity index (χ4v) is 1.86. The summed E-state index contributed by atoms with van der Waals surface area (Å²) >= 11 is 3.55. The van der Waals surface area contributed by atoms with Crippen LogP contribution in [0.2, 0.25) is 0 Å². The van der Waals surface area contributed by atoms with Gasteiger partial charge in [0.15, 0.2) is 0 Å². The zero-order chi connectivity index (χ0) is 12.0. The summed E-state index contributed by atoms with van der Waals surface area (Å²) in [4.78, 5) is 0. The highest BCUT2D eigenvalue weighted by atomic mass is 79.9. The molecule has 0 heterocycles. The van der Waals surface area contributed by atoms with E-state index in [0.717, 1.165) is 19.6 Å².